The molecule has 7 heteroatoms. The molecule has 0 bridgehead atoms. The van der Waals surface area contributed by atoms with E-state index in [0.717, 1.165) is 58.0 Å². The highest BCUT2D eigenvalue weighted by Crippen LogP contribution is 2.24. The van der Waals surface area contributed by atoms with Gasteiger partial charge in [0.15, 0.2) is 0 Å². The van der Waals surface area contributed by atoms with Gasteiger partial charge in [0, 0.05) is 62.7 Å². The van der Waals surface area contributed by atoms with Crippen molar-refractivity contribution >= 4 is 17.4 Å². The van der Waals surface area contributed by atoms with E-state index in [1.54, 1.807) is 0 Å². The number of anilines is 2. The SMILES string of the molecule is CCN(C)CCC(C)N1CCN(C(=O)Nc2ccc(N3CCC(N(C)C)C3)cc2)CC1. The van der Waals surface area contributed by atoms with Gasteiger partial charge in [0.1, 0.15) is 0 Å². The molecular formula is C24H42N6O. The summed E-state index contributed by atoms with van der Waals surface area (Å²) in [5.74, 6) is 0. The summed E-state index contributed by atoms with van der Waals surface area (Å²) in [4.78, 5) is 24.3. The second-order valence-electron chi connectivity index (χ2n) is 9.39. The molecule has 2 aliphatic heterocycles. The van der Waals surface area contributed by atoms with E-state index in [0.29, 0.717) is 12.1 Å². The quantitative estimate of drug-likeness (QED) is 0.687. The minimum absolute atomic E-state index is 0.0135. The minimum Gasteiger partial charge on any atom is -0.370 e. The number of carbonyl (C=O) groups excluding carboxylic acids is 1. The molecule has 1 aromatic carbocycles. The first-order valence-electron chi connectivity index (χ1n) is 11.9. The van der Waals surface area contributed by atoms with Crippen LogP contribution in [0.4, 0.5) is 16.2 Å². The third-order valence-electron chi connectivity index (χ3n) is 7.07. The predicted octanol–water partition coefficient (Wildman–Crippen LogP) is 2.71. The highest BCUT2D eigenvalue weighted by molar-refractivity contribution is 5.89. The van der Waals surface area contributed by atoms with Crippen LogP contribution in [0.15, 0.2) is 24.3 Å². The second kappa shape index (κ2) is 11.2. The van der Waals surface area contributed by atoms with E-state index in [-0.39, 0.29) is 6.03 Å². The van der Waals surface area contributed by atoms with Gasteiger partial charge in [0.05, 0.1) is 0 Å². The first-order valence-corrected chi connectivity index (χ1v) is 11.9. The van der Waals surface area contributed by atoms with E-state index in [1.807, 2.05) is 17.0 Å². The smallest absolute Gasteiger partial charge is 0.321 e. The molecule has 0 radical (unpaired) electrons. The number of likely N-dealkylation sites (N-methyl/N-ethyl adjacent to an activating group) is 1. The third-order valence-corrected chi connectivity index (χ3v) is 7.07. The molecule has 0 aliphatic carbocycles. The molecular weight excluding hydrogens is 388 g/mol. The van der Waals surface area contributed by atoms with Gasteiger partial charge in [0.2, 0.25) is 0 Å². The number of hydrogen-bond acceptors (Lipinski definition) is 5. The summed E-state index contributed by atoms with van der Waals surface area (Å²) in [6, 6.07) is 9.50. The largest absolute Gasteiger partial charge is 0.370 e. The van der Waals surface area contributed by atoms with Gasteiger partial charge in [-0.1, -0.05) is 6.92 Å². The van der Waals surface area contributed by atoms with Crippen molar-refractivity contribution in [2.75, 3.05) is 83.7 Å². The Kier molecular flexibility index (Phi) is 8.58. The summed E-state index contributed by atoms with van der Waals surface area (Å²) in [5, 5.41) is 3.08. The Morgan fingerprint density at radius 3 is 2.35 bits per heavy atom. The Hall–Kier alpha value is -1.83. The van der Waals surface area contributed by atoms with Crippen LogP contribution in [0, 0.1) is 0 Å². The number of amides is 2. The summed E-state index contributed by atoms with van der Waals surface area (Å²) in [7, 11) is 6.48. The van der Waals surface area contributed by atoms with Gasteiger partial charge in [0.25, 0.3) is 0 Å². The lowest BCUT2D eigenvalue weighted by Crippen LogP contribution is -2.52. The number of hydrogen-bond donors (Lipinski definition) is 1. The zero-order chi connectivity index (χ0) is 22.4. The van der Waals surface area contributed by atoms with Crippen LogP contribution in [0.5, 0.6) is 0 Å². The van der Waals surface area contributed by atoms with Gasteiger partial charge < -0.3 is 24.9 Å². The average molecular weight is 431 g/mol. The molecule has 1 N–H and O–H groups in total. The molecule has 2 amide bonds. The Balaban J connectivity index is 1.43. The summed E-state index contributed by atoms with van der Waals surface area (Å²) >= 11 is 0. The van der Waals surface area contributed by atoms with Crippen LogP contribution in [0.25, 0.3) is 0 Å². The molecule has 0 aromatic heterocycles. The molecule has 2 aliphatic rings. The molecule has 2 saturated heterocycles. The van der Waals surface area contributed by atoms with Gasteiger partial charge in [-0.05, 0) is 78.3 Å². The maximum Gasteiger partial charge on any atom is 0.321 e. The first kappa shape index (κ1) is 23.8. The number of piperazine rings is 1. The van der Waals surface area contributed by atoms with E-state index < -0.39 is 0 Å². The average Bonchev–Trinajstić information content (AvgIpc) is 3.28. The molecule has 0 saturated carbocycles. The van der Waals surface area contributed by atoms with Crippen molar-refractivity contribution in [1.29, 1.82) is 0 Å². The number of urea groups is 1. The predicted molar refractivity (Wildman–Crippen MR) is 130 cm³/mol. The number of nitrogens with one attached hydrogen (secondary N) is 1. The van der Waals surface area contributed by atoms with Crippen LogP contribution < -0.4 is 10.2 Å². The van der Waals surface area contributed by atoms with Crippen LogP contribution in [0.1, 0.15) is 26.7 Å². The van der Waals surface area contributed by atoms with Crippen LogP contribution in [-0.4, -0.2) is 111 Å². The second-order valence-corrected chi connectivity index (χ2v) is 9.39. The standard InChI is InChI=1S/C24H42N6O/c1-6-27(5)13-11-20(2)28-15-17-29(18-16-28)24(31)25-21-7-9-22(10-8-21)30-14-12-23(19-30)26(3)4/h7-10,20,23H,6,11-19H2,1-5H3,(H,25,31). The number of benzene rings is 1. The Morgan fingerprint density at radius 1 is 1.10 bits per heavy atom. The lowest BCUT2D eigenvalue weighted by molar-refractivity contribution is 0.111. The molecule has 1 aromatic rings. The van der Waals surface area contributed by atoms with Crippen molar-refractivity contribution in [3.63, 3.8) is 0 Å². The first-order chi connectivity index (χ1) is 14.9. The van der Waals surface area contributed by atoms with Crippen LogP contribution in [-0.2, 0) is 0 Å². The molecule has 2 atom stereocenters. The zero-order valence-corrected chi connectivity index (χ0v) is 20.2. The fourth-order valence-electron chi connectivity index (χ4n) is 4.47. The van der Waals surface area contributed by atoms with Crippen LogP contribution in [0.2, 0.25) is 0 Å². The van der Waals surface area contributed by atoms with Gasteiger partial charge in [-0.25, -0.2) is 4.79 Å². The molecule has 2 fully saturated rings. The summed E-state index contributed by atoms with van der Waals surface area (Å²) < 4.78 is 0. The summed E-state index contributed by atoms with van der Waals surface area (Å²) in [6.45, 7) is 12.4. The minimum atomic E-state index is 0.0135. The van der Waals surface area contributed by atoms with Crippen LogP contribution in [0.3, 0.4) is 0 Å². The van der Waals surface area contributed by atoms with Crippen molar-refractivity contribution in [2.45, 2.75) is 38.8 Å². The van der Waals surface area contributed by atoms with E-state index in [9.17, 15) is 4.79 Å². The molecule has 3 rings (SSSR count). The Morgan fingerprint density at radius 2 is 1.77 bits per heavy atom. The number of rotatable bonds is 8. The van der Waals surface area contributed by atoms with Crippen molar-refractivity contribution in [3.8, 4) is 0 Å². The topological polar surface area (TPSA) is 45.3 Å². The highest BCUT2D eigenvalue weighted by Gasteiger charge is 2.25. The molecule has 7 nitrogen and oxygen atoms in total. The molecule has 2 unspecified atom stereocenters. The van der Waals surface area contributed by atoms with E-state index >= 15 is 0 Å². The third kappa shape index (κ3) is 6.57. The van der Waals surface area contributed by atoms with E-state index in [1.165, 1.54) is 18.5 Å². The monoisotopic (exact) mass is 430 g/mol. The highest BCUT2D eigenvalue weighted by atomic mass is 16.2. The summed E-state index contributed by atoms with van der Waals surface area (Å²) in [5.41, 5.74) is 2.11. The molecule has 174 valence electrons. The zero-order valence-electron chi connectivity index (χ0n) is 20.2. The number of nitrogens with zero attached hydrogens (tertiary/aromatic N) is 5. The normalized spacial score (nSPS) is 21.2. The van der Waals surface area contributed by atoms with Gasteiger partial charge in [-0.15, -0.1) is 0 Å². The fourth-order valence-corrected chi connectivity index (χ4v) is 4.47. The lowest BCUT2D eigenvalue weighted by atomic mass is 10.1. The van der Waals surface area contributed by atoms with Crippen molar-refractivity contribution in [3.05, 3.63) is 24.3 Å². The maximum atomic E-state index is 12.7. The van der Waals surface area contributed by atoms with Crippen molar-refractivity contribution in [1.82, 2.24) is 19.6 Å². The van der Waals surface area contributed by atoms with Crippen LogP contribution >= 0.6 is 0 Å². The van der Waals surface area contributed by atoms with Crippen molar-refractivity contribution in [2.24, 2.45) is 0 Å². The lowest BCUT2D eigenvalue weighted by Gasteiger charge is -2.38. The Bertz CT molecular complexity index is 686. The Labute approximate surface area is 188 Å². The van der Waals surface area contributed by atoms with Crippen molar-refractivity contribution < 1.29 is 4.79 Å². The van der Waals surface area contributed by atoms with E-state index in [2.05, 4.69) is 72.0 Å². The number of carbonyl (C=O) groups is 1. The fraction of sp³-hybridized carbons (Fsp3) is 0.708. The molecule has 31 heavy (non-hydrogen) atoms. The van der Waals surface area contributed by atoms with E-state index in [4.69, 9.17) is 0 Å². The molecule has 2 heterocycles. The maximum absolute atomic E-state index is 12.7. The van der Waals surface area contributed by atoms with Gasteiger partial charge >= 0.3 is 6.03 Å². The van der Waals surface area contributed by atoms with Gasteiger partial charge in [-0.2, -0.15) is 0 Å². The van der Waals surface area contributed by atoms with Gasteiger partial charge in [-0.3, -0.25) is 4.90 Å². The molecule has 0 spiro atoms. The summed E-state index contributed by atoms with van der Waals surface area (Å²) in [6.07, 6.45) is 2.38.